The van der Waals surface area contributed by atoms with Crippen LogP contribution in [0, 0.1) is 46.3 Å². The zero-order chi connectivity index (χ0) is 19.1. The van der Waals surface area contributed by atoms with Gasteiger partial charge in [-0.15, -0.1) is 0 Å². The van der Waals surface area contributed by atoms with E-state index in [4.69, 9.17) is 0 Å². The van der Waals surface area contributed by atoms with Crippen molar-refractivity contribution < 1.29 is 0 Å². The van der Waals surface area contributed by atoms with Crippen molar-refractivity contribution in [2.24, 2.45) is 35.0 Å². The molecule has 0 N–H and O–H groups in total. The Labute approximate surface area is 169 Å². The zero-order valence-corrected chi connectivity index (χ0v) is 18.4. The summed E-state index contributed by atoms with van der Waals surface area (Å²) < 4.78 is 0. The highest BCUT2D eigenvalue weighted by Gasteiger charge is 2.44. The average molecular weight is 372 g/mol. The summed E-state index contributed by atoms with van der Waals surface area (Å²) in [7, 11) is 0. The molecule has 0 amide bonds. The molecule has 0 bridgehead atoms. The van der Waals surface area contributed by atoms with Gasteiger partial charge in [-0.1, -0.05) is 65.2 Å². The summed E-state index contributed by atoms with van der Waals surface area (Å²) in [6.07, 6.45) is 23.8. The van der Waals surface area contributed by atoms with E-state index in [1.165, 1.54) is 103 Å². The predicted molar refractivity (Wildman–Crippen MR) is 115 cm³/mol. The van der Waals surface area contributed by atoms with Gasteiger partial charge in [0.25, 0.3) is 0 Å². The van der Waals surface area contributed by atoms with E-state index >= 15 is 0 Å². The van der Waals surface area contributed by atoms with Crippen molar-refractivity contribution in [3.05, 3.63) is 0 Å². The molecular formula is C26H45N. The SMILES string of the molecule is CCCCCCC1CCC(C2CCC3CC(C#N)(CCC)CCC3C2)CC1. The Balaban J connectivity index is 1.41. The Morgan fingerprint density at radius 3 is 2.19 bits per heavy atom. The first-order valence-electron chi connectivity index (χ1n) is 12.6. The predicted octanol–water partition coefficient (Wildman–Crippen LogP) is 8.29. The first-order chi connectivity index (χ1) is 13.2. The molecule has 0 aliphatic heterocycles. The Bertz CT molecular complexity index is 469. The van der Waals surface area contributed by atoms with E-state index in [-0.39, 0.29) is 5.41 Å². The maximum atomic E-state index is 9.79. The molecule has 154 valence electrons. The monoisotopic (exact) mass is 371 g/mol. The molecule has 3 fully saturated rings. The van der Waals surface area contributed by atoms with Crippen molar-refractivity contribution in [3.63, 3.8) is 0 Å². The van der Waals surface area contributed by atoms with Crippen LogP contribution >= 0.6 is 0 Å². The standard InChI is InChI=1S/C26H45N/c1-3-5-6-7-8-21-9-11-22(12-10-21)23-13-14-25-19-26(20-27,16-4-2)17-15-24(25)18-23/h21-25H,3-19H2,1-2H3. The second kappa shape index (κ2) is 10.3. The van der Waals surface area contributed by atoms with Crippen molar-refractivity contribution in [1.29, 1.82) is 5.26 Å². The minimum Gasteiger partial charge on any atom is -0.198 e. The van der Waals surface area contributed by atoms with Crippen LogP contribution in [0.15, 0.2) is 0 Å². The third-order valence-electron chi connectivity index (χ3n) is 8.82. The first kappa shape index (κ1) is 21.2. The maximum Gasteiger partial charge on any atom is 0.0689 e. The minimum atomic E-state index is 0.0403. The highest BCUT2D eigenvalue weighted by Crippen LogP contribution is 2.53. The van der Waals surface area contributed by atoms with Gasteiger partial charge >= 0.3 is 0 Å². The van der Waals surface area contributed by atoms with E-state index in [9.17, 15) is 5.26 Å². The number of nitriles is 1. The summed E-state index contributed by atoms with van der Waals surface area (Å²) >= 11 is 0. The van der Waals surface area contributed by atoms with Crippen LogP contribution < -0.4 is 0 Å². The van der Waals surface area contributed by atoms with Crippen molar-refractivity contribution in [2.75, 3.05) is 0 Å². The van der Waals surface area contributed by atoms with Gasteiger partial charge in [-0.25, -0.2) is 0 Å². The van der Waals surface area contributed by atoms with Crippen LogP contribution in [0.3, 0.4) is 0 Å². The molecule has 0 aromatic rings. The van der Waals surface area contributed by atoms with E-state index in [0.29, 0.717) is 0 Å². The van der Waals surface area contributed by atoms with E-state index in [1.807, 2.05) is 0 Å². The maximum absolute atomic E-state index is 9.79. The van der Waals surface area contributed by atoms with Gasteiger partial charge in [0.05, 0.1) is 11.5 Å². The van der Waals surface area contributed by atoms with Crippen molar-refractivity contribution in [2.45, 2.75) is 123 Å². The van der Waals surface area contributed by atoms with Crippen LogP contribution in [0.1, 0.15) is 123 Å². The fraction of sp³-hybridized carbons (Fsp3) is 0.962. The molecule has 3 saturated carbocycles. The van der Waals surface area contributed by atoms with Crippen molar-refractivity contribution >= 4 is 0 Å². The van der Waals surface area contributed by atoms with Gasteiger partial charge in [0.2, 0.25) is 0 Å². The van der Waals surface area contributed by atoms with Crippen molar-refractivity contribution in [3.8, 4) is 6.07 Å². The van der Waals surface area contributed by atoms with Gasteiger partial charge in [0.1, 0.15) is 0 Å². The number of fused-ring (bicyclic) bond motifs is 1. The second-order valence-corrected chi connectivity index (χ2v) is 10.6. The Kier molecular flexibility index (Phi) is 8.10. The minimum absolute atomic E-state index is 0.0403. The molecule has 1 heteroatoms. The largest absolute Gasteiger partial charge is 0.198 e. The lowest BCUT2D eigenvalue weighted by atomic mass is 9.57. The van der Waals surface area contributed by atoms with E-state index in [1.54, 1.807) is 0 Å². The second-order valence-electron chi connectivity index (χ2n) is 10.6. The molecule has 0 heterocycles. The van der Waals surface area contributed by atoms with Gasteiger partial charge in [-0.2, -0.15) is 5.26 Å². The molecule has 1 nitrogen and oxygen atoms in total. The van der Waals surface area contributed by atoms with E-state index < -0.39 is 0 Å². The molecule has 3 aliphatic carbocycles. The summed E-state index contributed by atoms with van der Waals surface area (Å²) in [5.41, 5.74) is 0.0403. The van der Waals surface area contributed by atoms with Gasteiger partial charge < -0.3 is 0 Å². The molecule has 0 aromatic heterocycles. The lowest BCUT2D eigenvalue weighted by Crippen LogP contribution is -2.38. The lowest BCUT2D eigenvalue weighted by Gasteiger charge is -2.47. The van der Waals surface area contributed by atoms with Crippen LogP contribution in [0.2, 0.25) is 0 Å². The molecular weight excluding hydrogens is 326 g/mol. The topological polar surface area (TPSA) is 23.8 Å². The van der Waals surface area contributed by atoms with Crippen molar-refractivity contribution in [1.82, 2.24) is 0 Å². The average Bonchev–Trinajstić information content (AvgIpc) is 2.71. The summed E-state index contributed by atoms with van der Waals surface area (Å²) in [6.45, 7) is 4.57. The van der Waals surface area contributed by atoms with Gasteiger partial charge in [0, 0.05) is 0 Å². The number of rotatable bonds is 8. The first-order valence-corrected chi connectivity index (χ1v) is 12.6. The van der Waals surface area contributed by atoms with Crippen LogP contribution in [0.5, 0.6) is 0 Å². The lowest BCUT2D eigenvalue weighted by molar-refractivity contribution is 0.0383. The Morgan fingerprint density at radius 2 is 1.48 bits per heavy atom. The summed E-state index contributed by atoms with van der Waals surface area (Å²) in [5, 5.41) is 9.79. The number of hydrogen-bond acceptors (Lipinski definition) is 1. The van der Waals surface area contributed by atoms with Crippen LogP contribution in [0.25, 0.3) is 0 Å². The summed E-state index contributed by atoms with van der Waals surface area (Å²) in [6, 6.07) is 2.76. The molecule has 0 spiro atoms. The fourth-order valence-corrected chi connectivity index (χ4v) is 7.15. The molecule has 4 atom stereocenters. The Hall–Kier alpha value is -0.510. The van der Waals surface area contributed by atoms with Gasteiger partial charge in [-0.3, -0.25) is 0 Å². The third kappa shape index (κ3) is 5.52. The molecule has 0 aromatic carbocycles. The van der Waals surface area contributed by atoms with Gasteiger partial charge in [-0.05, 0) is 87.4 Å². The third-order valence-corrected chi connectivity index (χ3v) is 8.82. The van der Waals surface area contributed by atoms with E-state index in [0.717, 1.165) is 36.0 Å². The van der Waals surface area contributed by atoms with Crippen LogP contribution in [0.4, 0.5) is 0 Å². The molecule has 4 unspecified atom stereocenters. The van der Waals surface area contributed by atoms with Crippen LogP contribution in [-0.2, 0) is 0 Å². The Morgan fingerprint density at radius 1 is 0.778 bits per heavy atom. The van der Waals surface area contributed by atoms with Crippen LogP contribution in [-0.4, -0.2) is 0 Å². The van der Waals surface area contributed by atoms with Gasteiger partial charge in [0.15, 0.2) is 0 Å². The summed E-state index contributed by atoms with van der Waals surface area (Å²) in [5.74, 6) is 4.93. The molecule has 3 rings (SSSR count). The van der Waals surface area contributed by atoms with E-state index in [2.05, 4.69) is 19.9 Å². The highest BCUT2D eigenvalue weighted by atomic mass is 14.5. The molecule has 3 aliphatic rings. The summed E-state index contributed by atoms with van der Waals surface area (Å²) in [4.78, 5) is 0. The molecule has 0 saturated heterocycles. The highest BCUT2D eigenvalue weighted by molar-refractivity contribution is 5.04. The molecule has 0 radical (unpaired) electrons. The smallest absolute Gasteiger partial charge is 0.0689 e. The fourth-order valence-electron chi connectivity index (χ4n) is 7.15. The number of nitrogens with zero attached hydrogens (tertiary/aromatic N) is 1. The number of hydrogen-bond donors (Lipinski definition) is 0. The number of unbranched alkanes of at least 4 members (excludes halogenated alkanes) is 3. The normalized spacial score (nSPS) is 39.5. The molecule has 27 heavy (non-hydrogen) atoms. The zero-order valence-electron chi connectivity index (χ0n) is 18.4. The quantitative estimate of drug-likeness (QED) is 0.394.